The van der Waals surface area contributed by atoms with Crippen LogP contribution < -0.4 is 5.73 Å². The van der Waals surface area contributed by atoms with Gasteiger partial charge < -0.3 is 5.73 Å². The predicted molar refractivity (Wildman–Crippen MR) is 48.8 cm³/mol. The van der Waals surface area contributed by atoms with Gasteiger partial charge in [0.25, 0.3) is 0 Å². The summed E-state index contributed by atoms with van der Waals surface area (Å²) in [5.74, 6) is 0. The Balaban J connectivity index is 3.41. The van der Waals surface area contributed by atoms with Crippen LogP contribution in [0.2, 0.25) is 5.02 Å². The van der Waals surface area contributed by atoms with Crippen molar-refractivity contribution in [2.24, 2.45) is 5.73 Å². The van der Waals surface area contributed by atoms with Crippen LogP contribution in [0.4, 0.5) is 0 Å². The highest BCUT2D eigenvalue weighted by Gasteiger charge is 2.07. The predicted octanol–water partition coefficient (Wildman–Crippen LogP) is 1.98. The van der Waals surface area contributed by atoms with Crippen LogP contribution in [-0.4, -0.2) is 0 Å². The molecule has 0 aliphatic rings. The van der Waals surface area contributed by atoms with Gasteiger partial charge in [-0.15, -0.1) is 0 Å². The molecule has 0 unspecified atom stereocenters. The second-order valence-corrected chi connectivity index (χ2v) is 2.94. The first-order valence-electron chi connectivity index (χ1n) is 3.59. The van der Waals surface area contributed by atoms with Gasteiger partial charge in [0, 0.05) is 17.1 Å². The fourth-order valence-corrected chi connectivity index (χ4v) is 1.33. The van der Waals surface area contributed by atoms with E-state index < -0.39 is 0 Å². The molecule has 62 valence electrons. The Morgan fingerprint density at radius 2 is 2.25 bits per heavy atom. The molecule has 0 saturated heterocycles. The van der Waals surface area contributed by atoms with Crippen molar-refractivity contribution in [1.82, 2.24) is 0 Å². The number of hydrogen-bond donors (Lipinski definition) is 1. The summed E-state index contributed by atoms with van der Waals surface area (Å²) < 4.78 is 0. The van der Waals surface area contributed by atoms with Gasteiger partial charge in [0.2, 0.25) is 0 Å². The van der Waals surface area contributed by atoms with Gasteiger partial charge in [-0.05, 0) is 18.6 Å². The van der Waals surface area contributed by atoms with Gasteiger partial charge in [-0.3, -0.25) is 0 Å². The number of nitriles is 1. The topological polar surface area (TPSA) is 49.8 Å². The van der Waals surface area contributed by atoms with Gasteiger partial charge in [-0.1, -0.05) is 17.7 Å². The SMILES string of the molecule is Cc1ccc(Cl)c(CN)c1C#N. The Morgan fingerprint density at radius 3 is 2.67 bits per heavy atom. The zero-order valence-electron chi connectivity index (χ0n) is 6.76. The van der Waals surface area contributed by atoms with Crippen LogP contribution in [0.25, 0.3) is 0 Å². The van der Waals surface area contributed by atoms with E-state index in [4.69, 9.17) is 22.6 Å². The first-order valence-corrected chi connectivity index (χ1v) is 3.96. The molecule has 0 aliphatic carbocycles. The average molecular weight is 181 g/mol. The molecule has 3 heteroatoms. The summed E-state index contributed by atoms with van der Waals surface area (Å²) >= 11 is 5.85. The van der Waals surface area contributed by atoms with Crippen molar-refractivity contribution in [3.05, 3.63) is 33.8 Å². The lowest BCUT2D eigenvalue weighted by atomic mass is 10.0. The smallest absolute Gasteiger partial charge is 0.0998 e. The number of halogens is 1. The minimum absolute atomic E-state index is 0.309. The van der Waals surface area contributed by atoms with Crippen molar-refractivity contribution >= 4 is 11.6 Å². The second-order valence-electron chi connectivity index (χ2n) is 2.53. The number of rotatable bonds is 1. The Hall–Kier alpha value is -1.04. The molecule has 0 aliphatic heterocycles. The molecule has 0 radical (unpaired) electrons. The van der Waals surface area contributed by atoms with Crippen molar-refractivity contribution in [2.45, 2.75) is 13.5 Å². The summed E-state index contributed by atoms with van der Waals surface area (Å²) in [7, 11) is 0. The zero-order valence-corrected chi connectivity index (χ0v) is 7.52. The number of benzene rings is 1. The maximum absolute atomic E-state index is 8.79. The van der Waals surface area contributed by atoms with E-state index in [1.807, 2.05) is 13.0 Å². The highest BCUT2D eigenvalue weighted by Crippen LogP contribution is 2.21. The molecule has 1 rings (SSSR count). The van der Waals surface area contributed by atoms with E-state index in [1.54, 1.807) is 6.07 Å². The molecule has 2 nitrogen and oxygen atoms in total. The Labute approximate surface area is 76.6 Å². The average Bonchev–Trinajstić information content (AvgIpc) is 2.08. The fourth-order valence-electron chi connectivity index (χ4n) is 1.09. The summed E-state index contributed by atoms with van der Waals surface area (Å²) in [6.45, 7) is 2.18. The molecule has 0 atom stereocenters. The third kappa shape index (κ3) is 1.42. The molecular weight excluding hydrogens is 172 g/mol. The summed E-state index contributed by atoms with van der Waals surface area (Å²) in [6, 6.07) is 5.67. The normalized spacial score (nSPS) is 9.50. The van der Waals surface area contributed by atoms with Gasteiger partial charge in [-0.25, -0.2) is 0 Å². The summed E-state index contributed by atoms with van der Waals surface area (Å²) in [5.41, 5.74) is 7.72. The molecule has 0 saturated carbocycles. The maximum atomic E-state index is 8.79. The summed E-state index contributed by atoms with van der Waals surface area (Å²) in [6.07, 6.45) is 0. The minimum atomic E-state index is 0.309. The first-order chi connectivity index (χ1) is 5.70. The van der Waals surface area contributed by atoms with Crippen LogP contribution in [0.15, 0.2) is 12.1 Å². The van der Waals surface area contributed by atoms with Crippen molar-refractivity contribution in [2.75, 3.05) is 0 Å². The number of nitrogens with zero attached hydrogens (tertiary/aromatic N) is 1. The van der Waals surface area contributed by atoms with Crippen LogP contribution in [0.5, 0.6) is 0 Å². The lowest BCUT2D eigenvalue weighted by molar-refractivity contribution is 1.06. The highest BCUT2D eigenvalue weighted by atomic mass is 35.5. The molecule has 12 heavy (non-hydrogen) atoms. The number of aryl methyl sites for hydroxylation is 1. The Bertz CT molecular complexity index is 339. The monoisotopic (exact) mass is 180 g/mol. The summed E-state index contributed by atoms with van der Waals surface area (Å²) in [5, 5.41) is 9.36. The van der Waals surface area contributed by atoms with Crippen LogP contribution >= 0.6 is 11.6 Å². The van der Waals surface area contributed by atoms with Crippen molar-refractivity contribution in [1.29, 1.82) is 5.26 Å². The Morgan fingerprint density at radius 1 is 1.58 bits per heavy atom. The molecule has 1 aromatic carbocycles. The van der Waals surface area contributed by atoms with Crippen molar-refractivity contribution < 1.29 is 0 Å². The second kappa shape index (κ2) is 3.57. The third-order valence-corrected chi connectivity index (χ3v) is 2.13. The van der Waals surface area contributed by atoms with E-state index in [1.165, 1.54) is 0 Å². The number of nitrogens with two attached hydrogens (primary N) is 1. The molecular formula is C9H9ClN2. The summed E-state index contributed by atoms with van der Waals surface area (Å²) in [4.78, 5) is 0. The molecule has 0 heterocycles. The largest absolute Gasteiger partial charge is 0.326 e. The van der Waals surface area contributed by atoms with Gasteiger partial charge in [0.05, 0.1) is 11.6 Å². The molecule has 2 N–H and O–H groups in total. The quantitative estimate of drug-likeness (QED) is 0.719. The molecule has 1 aromatic rings. The van der Waals surface area contributed by atoms with E-state index in [-0.39, 0.29) is 0 Å². The molecule has 0 fully saturated rings. The van der Waals surface area contributed by atoms with Gasteiger partial charge in [0.15, 0.2) is 0 Å². The van der Waals surface area contributed by atoms with Crippen LogP contribution in [0.3, 0.4) is 0 Å². The molecule has 0 bridgehead atoms. The first kappa shape index (κ1) is 9.05. The van der Waals surface area contributed by atoms with E-state index >= 15 is 0 Å². The third-order valence-electron chi connectivity index (χ3n) is 1.78. The van der Waals surface area contributed by atoms with E-state index in [9.17, 15) is 0 Å². The van der Waals surface area contributed by atoms with Crippen LogP contribution in [0, 0.1) is 18.3 Å². The van der Waals surface area contributed by atoms with Gasteiger partial charge in [0.1, 0.15) is 0 Å². The minimum Gasteiger partial charge on any atom is -0.326 e. The van der Waals surface area contributed by atoms with Gasteiger partial charge in [-0.2, -0.15) is 5.26 Å². The van der Waals surface area contributed by atoms with Crippen molar-refractivity contribution in [3.8, 4) is 6.07 Å². The van der Waals surface area contributed by atoms with Crippen LogP contribution in [-0.2, 0) is 6.54 Å². The molecule has 0 spiro atoms. The van der Waals surface area contributed by atoms with Crippen LogP contribution in [0.1, 0.15) is 16.7 Å². The zero-order chi connectivity index (χ0) is 9.14. The standard InChI is InChI=1S/C9H9ClN2/c1-6-2-3-9(10)8(5-12)7(6)4-11/h2-3H,5,12H2,1H3. The number of hydrogen-bond acceptors (Lipinski definition) is 2. The fraction of sp³-hybridized carbons (Fsp3) is 0.222. The molecule has 0 aromatic heterocycles. The maximum Gasteiger partial charge on any atom is 0.0998 e. The van der Waals surface area contributed by atoms with Crippen molar-refractivity contribution in [3.63, 3.8) is 0 Å². The molecule has 0 amide bonds. The lowest BCUT2D eigenvalue weighted by Gasteiger charge is -2.05. The van der Waals surface area contributed by atoms with Gasteiger partial charge >= 0.3 is 0 Å². The lowest BCUT2D eigenvalue weighted by Crippen LogP contribution is -2.01. The van der Waals surface area contributed by atoms with E-state index in [0.717, 1.165) is 11.1 Å². The van der Waals surface area contributed by atoms with E-state index in [0.29, 0.717) is 17.1 Å². The highest BCUT2D eigenvalue weighted by molar-refractivity contribution is 6.31. The Kier molecular flexibility index (Phi) is 2.69. The van der Waals surface area contributed by atoms with E-state index in [2.05, 4.69) is 6.07 Å².